The zero-order valence-electron chi connectivity index (χ0n) is 26.7. The second-order valence-corrected chi connectivity index (χ2v) is 12.2. The van der Waals surface area contributed by atoms with Crippen LogP contribution in [0.3, 0.4) is 0 Å². The third-order valence-corrected chi connectivity index (χ3v) is 7.06. The second-order valence-electron chi connectivity index (χ2n) is 12.2. The fourth-order valence-corrected chi connectivity index (χ4v) is 4.84. The highest BCUT2D eigenvalue weighted by atomic mass is 16.6. The van der Waals surface area contributed by atoms with E-state index in [4.69, 9.17) is 4.74 Å². The molecule has 0 unspecified atom stereocenters. The molecule has 3 heterocycles. The summed E-state index contributed by atoms with van der Waals surface area (Å²) in [5, 5.41) is 3.31. The van der Waals surface area contributed by atoms with Gasteiger partial charge in [-0.05, 0) is 46.2 Å². The number of benzene rings is 2. The van der Waals surface area contributed by atoms with Gasteiger partial charge in [0.15, 0.2) is 11.6 Å². The van der Waals surface area contributed by atoms with Gasteiger partial charge < -0.3 is 14.6 Å². The Morgan fingerprint density at radius 2 is 1.57 bits per heavy atom. The number of carbonyl (C=O) groups is 4. The molecule has 47 heavy (non-hydrogen) atoms. The van der Waals surface area contributed by atoms with Crippen molar-refractivity contribution in [3.63, 3.8) is 0 Å². The predicted molar refractivity (Wildman–Crippen MR) is 178 cm³/mol. The fraction of sp³-hybridized carbons (Fsp3) is 0.222. The van der Waals surface area contributed by atoms with Crippen LogP contribution < -0.4 is 5.32 Å². The van der Waals surface area contributed by atoms with Crippen LogP contribution in [0.25, 0.3) is 11.0 Å². The van der Waals surface area contributed by atoms with Crippen molar-refractivity contribution in [1.29, 1.82) is 0 Å². The largest absolute Gasteiger partial charge is 0.442 e. The summed E-state index contributed by atoms with van der Waals surface area (Å²) in [5.74, 6) is -1.14. The molecule has 0 aliphatic rings. The number of rotatable bonds is 9. The zero-order chi connectivity index (χ0) is 33.7. The van der Waals surface area contributed by atoms with Gasteiger partial charge in [0.2, 0.25) is 0 Å². The average molecular weight is 631 g/mol. The number of amides is 2. The number of aliphatic imine (C=N–C) groups is 1. The maximum Gasteiger partial charge on any atom is 0.434 e. The number of nitrogens with zero attached hydrogens (tertiary/aromatic N) is 5. The van der Waals surface area contributed by atoms with E-state index < -0.39 is 17.6 Å². The molecule has 11 nitrogen and oxygen atoms in total. The first kappa shape index (κ1) is 32.6. The molecular formula is C36H34N6O5. The van der Waals surface area contributed by atoms with Gasteiger partial charge in [-0.1, -0.05) is 54.6 Å². The highest BCUT2D eigenvalue weighted by Crippen LogP contribution is 2.25. The summed E-state index contributed by atoms with van der Waals surface area (Å²) < 4.78 is 7.23. The van der Waals surface area contributed by atoms with Crippen molar-refractivity contribution in [1.82, 2.24) is 19.5 Å². The Bertz CT molecular complexity index is 1990. The number of hydrogen-bond acceptors (Lipinski definition) is 8. The molecule has 0 aliphatic heterocycles. The topological polar surface area (TPSA) is 146 Å². The number of fused-ring (bicyclic) bond motifs is 1. The summed E-state index contributed by atoms with van der Waals surface area (Å²) in [4.78, 5) is 69.3. The van der Waals surface area contributed by atoms with Crippen LogP contribution in [0, 0.1) is 0 Å². The molecule has 0 saturated carbocycles. The van der Waals surface area contributed by atoms with E-state index in [1.54, 1.807) is 81.7 Å². The summed E-state index contributed by atoms with van der Waals surface area (Å²) in [5.41, 5.74) is 2.21. The lowest BCUT2D eigenvalue weighted by Gasteiger charge is -2.18. The number of ketones is 2. The first-order valence-corrected chi connectivity index (χ1v) is 15.0. The maximum atomic E-state index is 13.6. The average Bonchev–Trinajstić information content (AvgIpc) is 3.44. The Morgan fingerprint density at radius 3 is 2.26 bits per heavy atom. The lowest BCUT2D eigenvalue weighted by molar-refractivity contribution is -0.110. The molecule has 0 aliphatic carbocycles. The van der Waals surface area contributed by atoms with Crippen LogP contribution in [-0.2, 0) is 16.0 Å². The van der Waals surface area contributed by atoms with E-state index >= 15 is 0 Å². The summed E-state index contributed by atoms with van der Waals surface area (Å²) in [7, 11) is 0. The molecule has 0 fully saturated rings. The van der Waals surface area contributed by atoms with Crippen LogP contribution in [0.4, 0.5) is 10.5 Å². The van der Waals surface area contributed by atoms with Crippen LogP contribution >= 0.6 is 0 Å². The number of carbonyl (C=O) groups excluding carboxylic acids is 4. The van der Waals surface area contributed by atoms with Crippen LogP contribution in [0.2, 0.25) is 0 Å². The van der Waals surface area contributed by atoms with Crippen molar-refractivity contribution < 1.29 is 23.9 Å². The Hall–Kier alpha value is -5.84. The molecule has 5 rings (SSSR count). The molecule has 11 heteroatoms. The smallest absolute Gasteiger partial charge is 0.434 e. The monoisotopic (exact) mass is 630 g/mol. The number of ether oxygens (including phenoxy) is 1. The normalized spacial score (nSPS) is 11.8. The summed E-state index contributed by atoms with van der Waals surface area (Å²) >= 11 is 0. The van der Waals surface area contributed by atoms with E-state index in [1.807, 2.05) is 24.5 Å². The Kier molecular flexibility index (Phi) is 9.46. The molecule has 1 N–H and O–H groups in total. The zero-order valence-corrected chi connectivity index (χ0v) is 26.7. The summed E-state index contributed by atoms with van der Waals surface area (Å²) in [6.07, 6.45) is 6.61. The molecular weight excluding hydrogens is 596 g/mol. The number of nitrogens with one attached hydrogen (secondary N) is 1. The molecule has 238 valence electrons. The molecule has 3 aromatic heterocycles. The Morgan fingerprint density at radius 1 is 0.872 bits per heavy atom. The molecule has 2 amide bonds. The van der Waals surface area contributed by atoms with Gasteiger partial charge in [-0.25, -0.2) is 14.8 Å². The van der Waals surface area contributed by atoms with Crippen molar-refractivity contribution in [2.75, 3.05) is 5.32 Å². The summed E-state index contributed by atoms with van der Waals surface area (Å²) in [6, 6.07) is 17.2. The maximum absolute atomic E-state index is 13.6. The van der Waals surface area contributed by atoms with E-state index in [-0.39, 0.29) is 41.0 Å². The number of pyridine rings is 1. The third-order valence-electron chi connectivity index (χ3n) is 7.06. The van der Waals surface area contributed by atoms with Crippen molar-refractivity contribution in [3.8, 4) is 0 Å². The van der Waals surface area contributed by atoms with Crippen LogP contribution in [-0.4, -0.2) is 54.4 Å². The van der Waals surface area contributed by atoms with Crippen LogP contribution in [0.1, 0.15) is 78.1 Å². The van der Waals surface area contributed by atoms with Gasteiger partial charge >= 0.3 is 6.09 Å². The number of anilines is 1. The first-order valence-electron chi connectivity index (χ1n) is 15.0. The summed E-state index contributed by atoms with van der Waals surface area (Å²) in [6.45, 7) is 9.07. The van der Waals surface area contributed by atoms with E-state index in [0.29, 0.717) is 33.3 Å². The second kappa shape index (κ2) is 13.7. The highest BCUT2D eigenvalue weighted by molar-refractivity contribution is 6.44. The first-order chi connectivity index (χ1) is 22.4. The molecule has 0 saturated heterocycles. The van der Waals surface area contributed by atoms with Crippen molar-refractivity contribution in [3.05, 3.63) is 120 Å². The molecule has 0 atom stereocenters. The minimum Gasteiger partial charge on any atom is -0.442 e. The molecule has 0 radical (unpaired) electrons. The van der Waals surface area contributed by atoms with Gasteiger partial charge in [0.1, 0.15) is 23.3 Å². The quantitative estimate of drug-likeness (QED) is 0.145. The Balaban J connectivity index is 1.39. The minimum absolute atomic E-state index is 0.0361. The van der Waals surface area contributed by atoms with Gasteiger partial charge in [-0.3, -0.25) is 19.4 Å². The van der Waals surface area contributed by atoms with Crippen LogP contribution in [0.5, 0.6) is 0 Å². The number of aromatic nitrogens is 4. The van der Waals surface area contributed by atoms with Gasteiger partial charge in [0.05, 0.1) is 17.4 Å². The third kappa shape index (κ3) is 7.88. The molecule has 2 aromatic carbocycles. The minimum atomic E-state index is -0.927. The van der Waals surface area contributed by atoms with E-state index in [2.05, 4.69) is 25.3 Å². The molecule has 5 aromatic rings. The lowest BCUT2D eigenvalue weighted by atomic mass is 10.00. The number of hydrogen-bond donors (Lipinski definition) is 1. The molecule has 0 spiro atoms. The SMILES string of the molecule is CC(C)n1cc(C(=O)c2cncc(NC(=O)C(Cc3ccc(C(=O)c4ccccc4)cc3)=NC(=O)OC(C)(C)C)c2)c2cncnc21. The van der Waals surface area contributed by atoms with Crippen molar-refractivity contribution in [2.24, 2.45) is 4.99 Å². The fourth-order valence-electron chi connectivity index (χ4n) is 4.84. The highest BCUT2D eigenvalue weighted by Gasteiger charge is 2.22. The Labute approximate surface area is 271 Å². The van der Waals surface area contributed by atoms with Crippen molar-refractivity contribution >= 4 is 46.0 Å². The van der Waals surface area contributed by atoms with E-state index in [1.165, 1.54) is 24.8 Å². The van der Waals surface area contributed by atoms with Gasteiger partial charge in [-0.15, -0.1) is 0 Å². The molecule has 0 bridgehead atoms. The van der Waals surface area contributed by atoms with Gasteiger partial charge in [0, 0.05) is 53.1 Å². The van der Waals surface area contributed by atoms with E-state index in [0.717, 1.165) is 0 Å². The standard InChI is InChI=1S/C36H34N6O5/c1-22(2)42-20-29(28-19-38-21-39-33(28)42)32(44)26-16-27(18-37-17-26)40-34(45)30(41-35(46)47-36(3,4)5)15-23-11-13-25(14-12-23)31(43)24-9-7-6-8-10-24/h6-14,16-22H,15H2,1-5H3,(H,40,45). The van der Waals surface area contributed by atoms with Crippen LogP contribution in [0.15, 0.2) is 96.8 Å². The van der Waals surface area contributed by atoms with Crippen molar-refractivity contribution in [2.45, 2.75) is 52.7 Å². The lowest BCUT2D eigenvalue weighted by Crippen LogP contribution is -2.28. The van der Waals surface area contributed by atoms with Gasteiger partial charge in [-0.2, -0.15) is 4.99 Å². The van der Waals surface area contributed by atoms with Gasteiger partial charge in [0.25, 0.3) is 5.91 Å². The van der Waals surface area contributed by atoms with E-state index in [9.17, 15) is 19.2 Å². The predicted octanol–water partition coefficient (Wildman–Crippen LogP) is 6.43.